The van der Waals surface area contributed by atoms with Crippen molar-refractivity contribution in [3.8, 4) is 5.75 Å². The fourth-order valence-electron chi connectivity index (χ4n) is 1.88. The molecule has 0 unspecified atom stereocenters. The van der Waals surface area contributed by atoms with Gasteiger partial charge < -0.3 is 10.1 Å². The Morgan fingerprint density at radius 3 is 2.09 bits per heavy atom. The number of pyridine rings is 1. The van der Waals surface area contributed by atoms with Gasteiger partial charge in [-0.3, -0.25) is 4.79 Å². The second-order valence-electron chi connectivity index (χ2n) is 4.18. The van der Waals surface area contributed by atoms with Crippen molar-refractivity contribution in [3.05, 3.63) is 38.5 Å². The number of hydrogen-bond acceptors (Lipinski definition) is 4. The smallest absolute Gasteiger partial charge is 0.417 e. The monoisotopic (exact) mass is 326 g/mol. The maximum absolute atomic E-state index is 12.9. The van der Waals surface area contributed by atoms with E-state index in [-0.39, 0.29) is 12.1 Å². The Hall–Kier alpha value is -2.59. The lowest BCUT2D eigenvalue weighted by atomic mass is 10.0. The molecule has 0 amide bonds. The molecule has 0 fully saturated rings. The summed E-state index contributed by atoms with van der Waals surface area (Å²) in [5.74, 6) is -1.44. The molecule has 0 radical (unpaired) electrons. The van der Waals surface area contributed by atoms with Gasteiger partial charge in [0.25, 0.3) is 5.56 Å². The lowest BCUT2D eigenvalue weighted by molar-refractivity contribution is -0.142. The zero-order valence-electron chi connectivity index (χ0n) is 10.1. The molecular weight excluding hydrogens is 322 g/mol. The summed E-state index contributed by atoms with van der Waals surface area (Å²) in [5, 5.41) is 10.5. The molecule has 1 aromatic heterocycles. The fourth-order valence-corrected chi connectivity index (χ4v) is 1.88. The van der Waals surface area contributed by atoms with Crippen molar-refractivity contribution < 1.29 is 31.4 Å². The highest BCUT2D eigenvalue weighted by atomic mass is 19.4. The highest BCUT2D eigenvalue weighted by molar-refractivity contribution is 5.92. The van der Waals surface area contributed by atoms with Crippen molar-refractivity contribution in [2.75, 3.05) is 0 Å². The summed E-state index contributed by atoms with van der Waals surface area (Å²) in [5.41, 5.74) is -7.10. The first kappa shape index (κ1) is 15.8. The van der Waals surface area contributed by atoms with Crippen LogP contribution in [0.2, 0.25) is 0 Å². The van der Waals surface area contributed by atoms with Crippen molar-refractivity contribution in [3.63, 3.8) is 0 Å². The van der Waals surface area contributed by atoms with Gasteiger partial charge in [0.15, 0.2) is 5.75 Å². The van der Waals surface area contributed by atoms with Crippen LogP contribution in [0.3, 0.4) is 0 Å². The number of halogens is 6. The van der Waals surface area contributed by atoms with E-state index in [1.54, 1.807) is 4.98 Å². The molecule has 2 rings (SSSR count). The quantitative estimate of drug-likeness (QED) is 0.619. The van der Waals surface area contributed by atoms with Crippen LogP contribution in [0.25, 0.3) is 10.9 Å². The summed E-state index contributed by atoms with van der Waals surface area (Å²) in [6.07, 6.45) is -10.4. The van der Waals surface area contributed by atoms with Gasteiger partial charge in [-0.2, -0.15) is 26.3 Å². The molecule has 0 bridgehead atoms. The molecule has 11 heteroatoms. The van der Waals surface area contributed by atoms with Crippen molar-refractivity contribution in [1.29, 1.82) is 0 Å². The van der Waals surface area contributed by atoms with Crippen LogP contribution < -0.4 is 5.56 Å². The van der Waals surface area contributed by atoms with Crippen LogP contribution in [-0.2, 0) is 12.4 Å². The normalized spacial score (nSPS) is 12.6. The maximum atomic E-state index is 12.9. The number of benzene rings is 1. The largest absolute Gasteiger partial charge is 0.505 e. The number of H-pyrrole nitrogens is 1. The SMILES string of the molecule is O=Nc1c(O)c2c(C(F)(F)F)cc(C(F)(F)F)cc2[nH]c1=O. The number of rotatable bonds is 1. The van der Waals surface area contributed by atoms with Gasteiger partial charge in [-0.05, 0) is 17.3 Å². The minimum atomic E-state index is -5.27. The van der Waals surface area contributed by atoms with Crippen LogP contribution in [0, 0.1) is 4.91 Å². The van der Waals surface area contributed by atoms with Crippen LogP contribution in [0.5, 0.6) is 5.75 Å². The molecule has 0 atom stereocenters. The average molecular weight is 326 g/mol. The number of hydrogen-bond donors (Lipinski definition) is 2. The summed E-state index contributed by atoms with van der Waals surface area (Å²) in [6.45, 7) is 0. The Balaban J connectivity index is 3.05. The minimum absolute atomic E-state index is 0.222. The van der Waals surface area contributed by atoms with Gasteiger partial charge in [0, 0.05) is 0 Å². The maximum Gasteiger partial charge on any atom is 0.417 e. The number of aromatic nitrogens is 1. The predicted octanol–water partition coefficient (Wildman–Crippen LogP) is 3.67. The highest BCUT2D eigenvalue weighted by Gasteiger charge is 2.39. The molecule has 0 aliphatic heterocycles. The van der Waals surface area contributed by atoms with Crippen molar-refractivity contribution >= 4 is 16.6 Å². The third-order valence-corrected chi connectivity index (χ3v) is 2.79. The molecule has 118 valence electrons. The molecule has 2 aromatic rings. The summed E-state index contributed by atoms with van der Waals surface area (Å²) in [4.78, 5) is 23.4. The van der Waals surface area contributed by atoms with E-state index < -0.39 is 51.4 Å². The minimum Gasteiger partial charge on any atom is -0.505 e. The standard InChI is InChI=1S/C11H4F6N2O3/c12-10(13,14)3-1-4(11(15,16)17)6-5(2-3)18-9(21)7(19-22)8(6)20/h1-2H,(H2,18,20,21). The van der Waals surface area contributed by atoms with E-state index in [1.165, 1.54) is 0 Å². The summed E-state index contributed by atoms with van der Waals surface area (Å²) in [7, 11) is 0. The number of aromatic amines is 1. The van der Waals surface area contributed by atoms with E-state index >= 15 is 0 Å². The molecular formula is C11H4F6N2O3. The summed E-state index contributed by atoms with van der Waals surface area (Å²) >= 11 is 0. The first-order chi connectivity index (χ1) is 9.96. The molecule has 5 nitrogen and oxygen atoms in total. The number of nitrogens with one attached hydrogen (secondary N) is 1. The van der Waals surface area contributed by atoms with Gasteiger partial charge in [0.1, 0.15) is 0 Å². The van der Waals surface area contributed by atoms with E-state index in [9.17, 15) is 41.2 Å². The fraction of sp³-hybridized carbons (Fsp3) is 0.182. The molecule has 0 saturated carbocycles. The van der Waals surface area contributed by atoms with E-state index in [1.807, 2.05) is 0 Å². The van der Waals surface area contributed by atoms with Crippen LogP contribution in [0.15, 0.2) is 22.1 Å². The van der Waals surface area contributed by atoms with E-state index in [2.05, 4.69) is 5.18 Å². The van der Waals surface area contributed by atoms with Crippen molar-refractivity contribution in [1.82, 2.24) is 4.98 Å². The van der Waals surface area contributed by atoms with Gasteiger partial charge in [0.05, 0.1) is 22.0 Å². The molecule has 1 heterocycles. The summed E-state index contributed by atoms with van der Waals surface area (Å²) in [6, 6.07) is -0.00473. The number of nitroso groups, excluding NO2 is 1. The molecule has 0 saturated heterocycles. The zero-order valence-corrected chi connectivity index (χ0v) is 10.1. The molecule has 2 N–H and O–H groups in total. The highest BCUT2D eigenvalue weighted by Crippen LogP contribution is 2.43. The Bertz CT molecular complexity index is 822. The van der Waals surface area contributed by atoms with Gasteiger partial charge in [-0.1, -0.05) is 0 Å². The lowest BCUT2D eigenvalue weighted by Gasteiger charge is -2.15. The van der Waals surface area contributed by atoms with Crippen LogP contribution in [0.1, 0.15) is 11.1 Å². The first-order valence-corrected chi connectivity index (χ1v) is 5.37. The lowest BCUT2D eigenvalue weighted by Crippen LogP contribution is -2.14. The van der Waals surface area contributed by atoms with Gasteiger partial charge in [0.2, 0.25) is 5.69 Å². The number of nitrogens with zero attached hydrogens (tertiary/aromatic N) is 1. The third-order valence-electron chi connectivity index (χ3n) is 2.79. The predicted molar refractivity (Wildman–Crippen MR) is 61.7 cm³/mol. The van der Waals surface area contributed by atoms with E-state index in [0.29, 0.717) is 0 Å². The Labute approximate surface area is 116 Å². The molecule has 0 spiro atoms. The summed E-state index contributed by atoms with van der Waals surface area (Å²) < 4.78 is 76.7. The molecule has 22 heavy (non-hydrogen) atoms. The van der Waals surface area contributed by atoms with Gasteiger partial charge >= 0.3 is 12.4 Å². The molecule has 0 aliphatic rings. The number of fused-ring (bicyclic) bond motifs is 1. The van der Waals surface area contributed by atoms with Gasteiger partial charge in [-0.15, -0.1) is 4.91 Å². The van der Waals surface area contributed by atoms with Crippen molar-refractivity contribution in [2.24, 2.45) is 5.18 Å². The Morgan fingerprint density at radius 1 is 1.05 bits per heavy atom. The van der Waals surface area contributed by atoms with Crippen LogP contribution in [-0.4, -0.2) is 10.1 Å². The van der Waals surface area contributed by atoms with E-state index in [0.717, 1.165) is 0 Å². The Kier molecular flexibility index (Phi) is 3.38. The first-order valence-electron chi connectivity index (χ1n) is 5.37. The third kappa shape index (κ3) is 2.49. The second kappa shape index (κ2) is 4.71. The van der Waals surface area contributed by atoms with E-state index in [4.69, 9.17) is 0 Å². The second-order valence-corrected chi connectivity index (χ2v) is 4.18. The van der Waals surface area contributed by atoms with Crippen molar-refractivity contribution in [2.45, 2.75) is 12.4 Å². The Morgan fingerprint density at radius 2 is 1.64 bits per heavy atom. The topological polar surface area (TPSA) is 82.5 Å². The van der Waals surface area contributed by atoms with Crippen LogP contribution >= 0.6 is 0 Å². The zero-order chi connectivity index (χ0) is 16.9. The number of alkyl halides is 6. The molecule has 1 aromatic carbocycles. The number of aromatic hydroxyl groups is 1. The van der Waals surface area contributed by atoms with Gasteiger partial charge in [-0.25, -0.2) is 0 Å². The van der Waals surface area contributed by atoms with Crippen LogP contribution in [0.4, 0.5) is 32.0 Å². The molecule has 0 aliphatic carbocycles. The average Bonchev–Trinajstić information content (AvgIpc) is 2.35.